The molecule has 1 saturated carbocycles. The van der Waals surface area contributed by atoms with E-state index in [1.165, 1.54) is 0 Å². The van der Waals surface area contributed by atoms with Crippen LogP contribution in [0.2, 0.25) is 0 Å². The van der Waals surface area contributed by atoms with E-state index in [0.717, 1.165) is 16.3 Å². The Hall–Kier alpha value is -1.63. The predicted molar refractivity (Wildman–Crippen MR) is 113 cm³/mol. The fourth-order valence-corrected chi connectivity index (χ4v) is 4.12. The van der Waals surface area contributed by atoms with Crippen molar-refractivity contribution in [2.75, 3.05) is 12.9 Å². The van der Waals surface area contributed by atoms with Crippen LogP contribution < -0.4 is 11.1 Å². The third kappa shape index (κ3) is 4.85. The van der Waals surface area contributed by atoms with E-state index in [9.17, 15) is 10.2 Å². The highest BCUT2D eigenvalue weighted by atomic mass is 35.5. The molecule has 7 nitrogen and oxygen atoms in total. The number of nitrogens with two attached hydrogens (primary N) is 1. The lowest BCUT2D eigenvalue weighted by Gasteiger charge is -2.27. The second kappa shape index (κ2) is 9.25. The number of aliphatic imine (C=N–C) groups is 2. The van der Waals surface area contributed by atoms with Crippen LogP contribution in [0.3, 0.4) is 0 Å². The van der Waals surface area contributed by atoms with Crippen LogP contribution in [-0.4, -0.2) is 57.5 Å². The molecule has 1 aromatic rings. The van der Waals surface area contributed by atoms with Crippen molar-refractivity contribution in [3.63, 3.8) is 0 Å². The Morgan fingerprint density at radius 2 is 2.18 bits per heavy atom. The van der Waals surface area contributed by atoms with Crippen molar-refractivity contribution in [1.29, 1.82) is 0 Å². The van der Waals surface area contributed by atoms with E-state index in [0.29, 0.717) is 12.8 Å². The van der Waals surface area contributed by atoms with Crippen LogP contribution in [0.4, 0.5) is 0 Å². The molecule has 2 aliphatic rings. The molecule has 1 aliphatic heterocycles. The topological polar surface area (TPSA) is 116 Å². The number of aliphatic hydroxyl groups excluding tert-OH is 2. The van der Waals surface area contributed by atoms with Crippen LogP contribution in [-0.2, 0) is 0 Å². The number of nitrogens with zero attached hydrogens (tertiary/aromatic N) is 3. The maximum atomic E-state index is 10.3. The number of hydrogen-bond acceptors (Lipinski definition) is 8. The number of hydrogen-bond donors (Lipinski definition) is 4. The summed E-state index contributed by atoms with van der Waals surface area (Å²) < 4.78 is 0. The minimum atomic E-state index is -0.564. The molecule has 2 unspecified atom stereocenters. The van der Waals surface area contributed by atoms with Crippen LogP contribution in [0.1, 0.15) is 24.1 Å². The zero-order valence-electron chi connectivity index (χ0n) is 15.8. The molecule has 5 N–H and O–H groups in total. The Balaban J connectivity index is 1.81. The van der Waals surface area contributed by atoms with Crippen LogP contribution in [0, 0.1) is 30.6 Å². The summed E-state index contributed by atoms with van der Waals surface area (Å²) in [7, 11) is 0. The molecular formula is C19H24ClN5O2S. The summed E-state index contributed by atoms with van der Waals surface area (Å²) in [6.45, 7) is 1.96. The third-order valence-electron chi connectivity index (χ3n) is 4.97. The number of aliphatic hydroxyl groups is 2. The molecule has 2 heterocycles. The minimum absolute atomic E-state index is 0.0507. The van der Waals surface area contributed by atoms with Gasteiger partial charge < -0.3 is 15.9 Å². The fourth-order valence-electron chi connectivity index (χ4n) is 3.43. The Kier molecular flexibility index (Phi) is 6.96. The van der Waals surface area contributed by atoms with Gasteiger partial charge in [-0.1, -0.05) is 23.4 Å². The van der Waals surface area contributed by atoms with E-state index in [-0.39, 0.29) is 29.7 Å². The lowest BCUT2D eigenvalue weighted by Crippen LogP contribution is -2.48. The highest BCUT2D eigenvalue weighted by molar-refractivity contribution is 7.98. The van der Waals surface area contributed by atoms with Gasteiger partial charge in [0.05, 0.1) is 16.8 Å². The second-order valence-electron chi connectivity index (χ2n) is 6.96. The molecule has 0 spiro atoms. The van der Waals surface area contributed by atoms with Crippen molar-refractivity contribution in [2.45, 2.75) is 43.1 Å². The number of aryl methyl sites for hydroxylation is 1. The fraction of sp³-hybridized carbons (Fsp3) is 0.526. The standard InChI is InChI=1S/C19H24ClN5O2S/c1-10-12(4-6-16(22-10)28-2)3-5-13-17(20)24-19(21)25-18(13)23-14-7-11(9-26)8-15(14)27/h4,6,11,13-15,18,23,26-27H,7-9H2,1-2H3,(H2,21,25)/t11-,13?,14+,15+,18?/m0/s1. The number of rotatable bonds is 4. The predicted octanol–water partition coefficient (Wildman–Crippen LogP) is 1.09. The summed E-state index contributed by atoms with van der Waals surface area (Å²) in [6.07, 6.45) is 2.09. The van der Waals surface area contributed by atoms with Gasteiger partial charge in [-0.3, -0.25) is 5.32 Å². The van der Waals surface area contributed by atoms with Gasteiger partial charge >= 0.3 is 0 Å². The van der Waals surface area contributed by atoms with Gasteiger partial charge in [0.1, 0.15) is 17.3 Å². The SMILES string of the molecule is CSc1ccc(C#CC2C(Cl)=NC(N)=NC2N[C@@H]2C[C@H](CO)C[C@H]2O)c(C)n1. The molecular weight excluding hydrogens is 398 g/mol. The molecule has 9 heteroatoms. The van der Waals surface area contributed by atoms with Gasteiger partial charge in [-0.2, -0.15) is 0 Å². The first kappa shape index (κ1) is 21.1. The second-order valence-corrected chi connectivity index (χ2v) is 8.17. The number of nitrogens with one attached hydrogen (secondary N) is 1. The minimum Gasteiger partial charge on any atom is -0.396 e. The molecule has 5 atom stereocenters. The summed E-state index contributed by atoms with van der Waals surface area (Å²) in [4.78, 5) is 12.9. The van der Waals surface area contributed by atoms with Crippen molar-refractivity contribution in [3.8, 4) is 11.8 Å². The third-order valence-corrected chi connectivity index (χ3v) is 5.93. The van der Waals surface area contributed by atoms with E-state index in [1.54, 1.807) is 11.8 Å². The van der Waals surface area contributed by atoms with Crippen molar-refractivity contribution in [1.82, 2.24) is 10.3 Å². The zero-order chi connectivity index (χ0) is 20.3. The van der Waals surface area contributed by atoms with Crippen molar-refractivity contribution < 1.29 is 10.2 Å². The van der Waals surface area contributed by atoms with Crippen LogP contribution in [0.25, 0.3) is 0 Å². The molecule has 0 aromatic carbocycles. The van der Waals surface area contributed by atoms with Gasteiger partial charge in [0.2, 0.25) is 5.96 Å². The molecule has 3 rings (SSSR count). The van der Waals surface area contributed by atoms with Gasteiger partial charge in [-0.15, -0.1) is 11.8 Å². The quantitative estimate of drug-likeness (QED) is 0.427. The molecule has 0 radical (unpaired) electrons. The largest absolute Gasteiger partial charge is 0.396 e. The molecule has 0 amide bonds. The molecule has 0 saturated heterocycles. The number of guanidine groups is 1. The lowest BCUT2D eigenvalue weighted by atomic mass is 10.0. The highest BCUT2D eigenvalue weighted by Gasteiger charge is 2.37. The Bertz CT molecular complexity index is 850. The van der Waals surface area contributed by atoms with Crippen LogP contribution >= 0.6 is 23.4 Å². The lowest BCUT2D eigenvalue weighted by molar-refractivity contribution is 0.136. The molecule has 1 aliphatic carbocycles. The number of thioether (sulfide) groups is 1. The first-order valence-electron chi connectivity index (χ1n) is 9.06. The number of pyridine rings is 1. The van der Waals surface area contributed by atoms with Gasteiger partial charge in [0.25, 0.3) is 0 Å². The number of halogens is 1. The Morgan fingerprint density at radius 3 is 2.82 bits per heavy atom. The number of aromatic nitrogens is 1. The molecule has 1 aromatic heterocycles. The van der Waals surface area contributed by atoms with Gasteiger partial charge in [-0.25, -0.2) is 15.0 Å². The summed E-state index contributed by atoms with van der Waals surface area (Å²) in [6, 6.07) is 3.64. The maximum Gasteiger partial charge on any atom is 0.218 e. The van der Waals surface area contributed by atoms with Crippen molar-refractivity contribution in [3.05, 3.63) is 23.4 Å². The average Bonchev–Trinajstić information content (AvgIpc) is 3.01. The summed E-state index contributed by atoms with van der Waals surface area (Å²) >= 11 is 7.90. The average molecular weight is 422 g/mol. The Labute approximate surface area is 173 Å². The van der Waals surface area contributed by atoms with Crippen LogP contribution in [0.5, 0.6) is 0 Å². The van der Waals surface area contributed by atoms with E-state index >= 15 is 0 Å². The maximum absolute atomic E-state index is 10.3. The molecule has 28 heavy (non-hydrogen) atoms. The van der Waals surface area contributed by atoms with E-state index < -0.39 is 18.2 Å². The first-order valence-corrected chi connectivity index (χ1v) is 10.7. The van der Waals surface area contributed by atoms with E-state index in [1.807, 2.05) is 25.3 Å². The zero-order valence-corrected chi connectivity index (χ0v) is 17.3. The van der Waals surface area contributed by atoms with E-state index in [4.69, 9.17) is 17.3 Å². The van der Waals surface area contributed by atoms with Crippen molar-refractivity contribution >= 4 is 34.5 Å². The smallest absolute Gasteiger partial charge is 0.218 e. The summed E-state index contributed by atoms with van der Waals surface area (Å²) in [5.74, 6) is 5.91. The van der Waals surface area contributed by atoms with E-state index in [2.05, 4.69) is 32.1 Å². The molecule has 0 bridgehead atoms. The van der Waals surface area contributed by atoms with Crippen LogP contribution in [0.15, 0.2) is 27.1 Å². The highest BCUT2D eigenvalue weighted by Crippen LogP contribution is 2.27. The normalized spacial score (nSPS) is 29.7. The summed E-state index contributed by atoms with van der Waals surface area (Å²) in [5, 5.41) is 24.1. The van der Waals surface area contributed by atoms with Gasteiger partial charge in [-0.05, 0) is 44.1 Å². The molecule has 1 fully saturated rings. The van der Waals surface area contributed by atoms with Crippen molar-refractivity contribution in [2.24, 2.45) is 27.6 Å². The molecule has 150 valence electrons. The van der Waals surface area contributed by atoms with Gasteiger partial charge in [0, 0.05) is 18.2 Å². The monoisotopic (exact) mass is 421 g/mol. The van der Waals surface area contributed by atoms with Gasteiger partial charge in [0.15, 0.2) is 0 Å². The first-order chi connectivity index (χ1) is 13.4. The Morgan fingerprint density at radius 1 is 1.39 bits per heavy atom. The summed E-state index contributed by atoms with van der Waals surface area (Å²) in [5.41, 5.74) is 7.43.